The van der Waals surface area contributed by atoms with Gasteiger partial charge in [0.25, 0.3) is 0 Å². The van der Waals surface area contributed by atoms with Crippen LogP contribution in [0, 0.1) is 17.6 Å². The Balaban J connectivity index is 1.83. The second-order valence-corrected chi connectivity index (χ2v) is 6.88. The third kappa shape index (κ3) is 4.91. The van der Waals surface area contributed by atoms with E-state index in [-0.39, 0.29) is 18.4 Å². The van der Waals surface area contributed by atoms with Crippen molar-refractivity contribution in [3.8, 4) is 0 Å². The van der Waals surface area contributed by atoms with Crippen LogP contribution in [0.3, 0.4) is 0 Å². The Morgan fingerprint density at radius 3 is 2.62 bits per heavy atom. The number of nitrogens with zero attached hydrogens (tertiary/aromatic N) is 1. The number of likely N-dealkylation sites (tertiary alicyclic amines) is 1. The van der Waals surface area contributed by atoms with Gasteiger partial charge >= 0.3 is 6.09 Å². The minimum atomic E-state index is -0.946. The largest absolute Gasteiger partial charge is 0.444 e. The van der Waals surface area contributed by atoms with E-state index in [4.69, 9.17) is 4.74 Å². The number of carbonyl (C=O) groups excluding carboxylic acids is 2. The van der Waals surface area contributed by atoms with Crippen molar-refractivity contribution in [3.63, 3.8) is 0 Å². The van der Waals surface area contributed by atoms with E-state index in [1.807, 2.05) is 0 Å². The molecule has 1 fully saturated rings. The summed E-state index contributed by atoms with van der Waals surface area (Å²) < 4.78 is 31.3. The van der Waals surface area contributed by atoms with Crippen LogP contribution in [0.4, 0.5) is 13.6 Å². The van der Waals surface area contributed by atoms with Crippen LogP contribution in [-0.4, -0.2) is 35.6 Å². The molecule has 1 unspecified atom stereocenters. The fourth-order valence-corrected chi connectivity index (χ4v) is 2.45. The van der Waals surface area contributed by atoms with E-state index >= 15 is 0 Å². The molecule has 0 radical (unpaired) electrons. The summed E-state index contributed by atoms with van der Waals surface area (Å²) in [5, 5.41) is 2.69. The predicted molar refractivity (Wildman–Crippen MR) is 84.1 cm³/mol. The van der Waals surface area contributed by atoms with Gasteiger partial charge in [0.15, 0.2) is 11.6 Å². The van der Waals surface area contributed by atoms with Crippen LogP contribution in [0.1, 0.15) is 32.8 Å². The van der Waals surface area contributed by atoms with Crippen molar-refractivity contribution < 1.29 is 23.1 Å². The minimum Gasteiger partial charge on any atom is -0.444 e. The summed E-state index contributed by atoms with van der Waals surface area (Å²) >= 11 is 0. The Labute approximate surface area is 140 Å². The average molecular weight is 340 g/mol. The number of amides is 2. The molecule has 0 aliphatic carbocycles. The third-order valence-corrected chi connectivity index (χ3v) is 3.66. The molecule has 1 atom stereocenters. The maximum Gasteiger partial charge on any atom is 0.410 e. The molecule has 0 saturated carbocycles. The number of rotatable bonds is 3. The molecule has 2 rings (SSSR count). The Morgan fingerprint density at radius 2 is 2.00 bits per heavy atom. The zero-order valence-corrected chi connectivity index (χ0v) is 14.1. The number of hydrogen-bond donors (Lipinski definition) is 1. The summed E-state index contributed by atoms with van der Waals surface area (Å²) in [4.78, 5) is 25.6. The molecule has 1 aromatic carbocycles. The highest BCUT2D eigenvalue weighted by molar-refractivity contribution is 5.80. The number of halogens is 2. The summed E-state index contributed by atoms with van der Waals surface area (Å²) in [6.45, 7) is 6.21. The Morgan fingerprint density at radius 1 is 1.29 bits per heavy atom. The first-order valence-corrected chi connectivity index (χ1v) is 7.85. The van der Waals surface area contributed by atoms with Gasteiger partial charge in [0.1, 0.15) is 5.60 Å². The number of nitrogens with one attached hydrogen (secondary N) is 1. The van der Waals surface area contributed by atoms with Crippen molar-refractivity contribution in [3.05, 3.63) is 35.4 Å². The van der Waals surface area contributed by atoms with Gasteiger partial charge in [0.05, 0.1) is 5.92 Å². The van der Waals surface area contributed by atoms with E-state index in [0.717, 1.165) is 12.1 Å². The first-order chi connectivity index (χ1) is 11.2. The fraction of sp³-hybridized carbons (Fsp3) is 0.529. The molecule has 1 aliphatic rings. The van der Waals surface area contributed by atoms with Crippen molar-refractivity contribution in [1.82, 2.24) is 10.2 Å². The van der Waals surface area contributed by atoms with Crippen LogP contribution in [0.2, 0.25) is 0 Å². The number of ether oxygens (including phenoxy) is 1. The fourth-order valence-electron chi connectivity index (χ4n) is 2.45. The topological polar surface area (TPSA) is 58.6 Å². The second-order valence-electron chi connectivity index (χ2n) is 6.88. The maximum atomic E-state index is 13.1. The molecule has 5 nitrogen and oxygen atoms in total. The van der Waals surface area contributed by atoms with E-state index in [0.29, 0.717) is 25.1 Å². The van der Waals surface area contributed by atoms with Crippen LogP contribution in [0.5, 0.6) is 0 Å². The standard InChI is InChI=1S/C17H22F2N2O3/c1-17(2,3)24-16(23)21-7-6-12(10-21)15(22)20-9-11-4-5-13(18)14(19)8-11/h4-5,8,12H,6-7,9-10H2,1-3H3,(H,20,22). The maximum absolute atomic E-state index is 13.1. The molecule has 7 heteroatoms. The molecule has 132 valence electrons. The lowest BCUT2D eigenvalue weighted by Crippen LogP contribution is -2.37. The summed E-state index contributed by atoms with van der Waals surface area (Å²) in [5.41, 5.74) is -0.103. The first-order valence-electron chi connectivity index (χ1n) is 7.85. The van der Waals surface area contributed by atoms with Gasteiger partial charge < -0.3 is 15.0 Å². The van der Waals surface area contributed by atoms with Gasteiger partial charge in [-0.1, -0.05) is 6.07 Å². The molecule has 2 amide bonds. The highest BCUT2D eigenvalue weighted by atomic mass is 19.2. The highest BCUT2D eigenvalue weighted by Crippen LogP contribution is 2.20. The smallest absolute Gasteiger partial charge is 0.410 e. The third-order valence-electron chi connectivity index (χ3n) is 3.66. The van der Waals surface area contributed by atoms with Gasteiger partial charge in [-0.05, 0) is 44.9 Å². The molecule has 0 bridgehead atoms. The Bertz CT molecular complexity index is 629. The minimum absolute atomic E-state index is 0.110. The van der Waals surface area contributed by atoms with Gasteiger partial charge in [-0.2, -0.15) is 0 Å². The summed E-state index contributed by atoms with van der Waals surface area (Å²) in [7, 11) is 0. The van der Waals surface area contributed by atoms with Gasteiger partial charge in [0.2, 0.25) is 5.91 Å². The van der Waals surface area contributed by atoms with E-state index in [1.165, 1.54) is 11.0 Å². The highest BCUT2D eigenvalue weighted by Gasteiger charge is 2.33. The normalized spacial score (nSPS) is 17.7. The average Bonchev–Trinajstić information content (AvgIpc) is 2.96. The monoisotopic (exact) mass is 340 g/mol. The molecule has 1 aliphatic heterocycles. The van der Waals surface area contributed by atoms with E-state index < -0.39 is 23.3 Å². The molecular weight excluding hydrogens is 318 g/mol. The molecule has 1 N–H and O–H groups in total. The van der Waals surface area contributed by atoms with Gasteiger partial charge in [0, 0.05) is 19.6 Å². The number of hydrogen-bond acceptors (Lipinski definition) is 3. The van der Waals surface area contributed by atoms with Crippen molar-refractivity contribution in [2.24, 2.45) is 5.92 Å². The zero-order chi connectivity index (χ0) is 17.9. The molecule has 1 saturated heterocycles. The van der Waals surface area contributed by atoms with Crippen molar-refractivity contribution >= 4 is 12.0 Å². The van der Waals surface area contributed by atoms with E-state index in [9.17, 15) is 18.4 Å². The van der Waals surface area contributed by atoms with Crippen molar-refractivity contribution in [2.75, 3.05) is 13.1 Å². The van der Waals surface area contributed by atoms with Crippen LogP contribution in [-0.2, 0) is 16.1 Å². The lowest BCUT2D eigenvalue weighted by molar-refractivity contribution is -0.124. The molecule has 1 heterocycles. The Hall–Kier alpha value is -2.18. The van der Waals surface area contributed by atoms with Gasteiger partial charge in [-0.25, -0.2) is 13.6 Å². The van der Waals surface area contributed by atoms with Crippen LogP contribution in [0.25, 0.3) is 0 Å². The van der Waals surface area contributed by atoms with Crippen LogP contribution in [0.15, 0.2) is 18.2 Å². The lowest BCUT2D eigenvalue weighted by atomic mass is 10.1. The quantitative estimate of drug-likeness (QED) is 0.920. The van der Waals surface area contributed by atoms with Gasteiger partial charge in [-0.15, -0.1) is 0 Å². The van der Waals surface area contributed by atoms with Crippen LogP contribution >= 0.6 is 0 Å². The SMILES string of the molecule is CC(C)(C)OC(=O)N1CCC(C(=O)NCc2ccc(F)c(F)c2)C1. The predicted octanol–water partition coefficient (Wildman–Crippen LogP) is 2.84. The van der Waals surface area contributed by atoms with Crippen LogP contribution < -0.4 is 5.32 Å². The Kier molecular flexibility index (Phi) is 5.41. The summed E-state index contributed by atoms with van der Waals surface area (Å²) in [6, 6.07) is 3.49. The summed E-state index contributed by atoms with van der Waals surface area (Å²) in [5.74, 6) is -2.42. The lowest BCUT2D eigenvalue weighted by Gasteiger charge is -2.24. The molecule has 1 aromatic rings. The number of benzene rings is 1. The molecule has 0 aromatic heterocycles. The molecule has 0 spiro atoms. The second kappa shape index (κ2) is 7.15. The van der Waals surface area contributed by atoms with Crippen molar-refractivity contribution in [1.29, 1.82) is 0 Å². The summed E-state index contributed by atoms with van der Waals surface area (Å²) in [6.07, 6.45) is 0.112. The van der Waals surface area contributed by atoms with E-state index in [2.05, 4.69) is 5.32 Å². The van der Waals surface area contributed by atoms with Crippen molar-refractivity contribution in [2.45, 2.75) is 39.3 Å². The molecule has 24 heavy (non-hydrogen) atoms. The molecular formula is C17H22F2N2O3. The van der Waals surface area contributed by atoms with E-state index in [1.54, 1.807) is 20.8 Å². The first kappa shape index (κ1) is 18.2. The number of carbonyl (C=O) groups is 2. The van der Waals surface area contributed by atoms with Gasteiger partial charge in [-0.3, -0.25) is 4.79 Å². The zero-order valence-electron chi connectivity index (χ0n) is 14.1.